The molecule has 0 unspecified atom stereocenters. The van der Waals surface area contributed by atoms with Gasteiger partial charge in [0, 0.05) is 54.9 Å². The minimum Gasteiger partial charge on any atom is -0.466 e. The number of thioether (sulfide) groups is 1. The lowest BCUT2D eigenvalue weighted by molar-refractivity contribution is -0.252. The average molecular weight is 982 g/mol. The smallest absolute Gasteiger partial charge is 0.349 e. The fraction of sp³-hybridized carbons (Fsp3) is 0.810. The second-order valence-electron chi connectivity index (χ2n) is 19.2. The van der Waals surface area contributed by atoms with E-state index in [1.807, 2.05) is 67.7 Å². The summed E-state index contributed by atoms with van der Waals surface area (Å²) in [6, 6.07) is -1.46. The molecule has 2 aliphatic heterocycles. The van der Waals surface area contributed by atoms with Crippen LogP contribution >= 0.6 is 11.8 Å². The van der Waals surface area contributed by atoms with Crippen LogP contribution in [0.15, 0.2) is 0 Å². The molecule has 2 aliphatic rings. The van der Waals surface area contributed by atoms with Crippen LogP contribution in [0.25, 0.3) is 0 Å². The van der Waals surface area contributed by atoms with Gasteiger partial charge in [0.25, 0.3) is 0 Å². The van der Waals surface area contributed by atoms with E-state index in [4.69, 9.17) is 51.5 Å². The van der Waals surface area contributed by atoms with E-state index < -0.39 is 148 Å². The van der Waals surface area contributed by atoms with E-state index in [1.54, 1.807) is 0 Å². The van der Waals surface area contributed by atoms with Crippen LogP contribution in [-0.4, -0.2) is 150 Å². The summed E-state index contributed by atoms with van der Waals surface area (Å²) >= 11 is 0.660. The predicted molar refractivity (Wildman–Crippen MR) is 238 cm³/mol. The minimum absolute atomic E-state index is 0.153. The Labute approximate surface area is 388 Å². The molecule has 2 fully saturated rings. The normalized spacial score (nSPS) is 27.2. The minimum atomic E-state index is -2.84. The zero-order valence-electron chi connectivity index (χ0n) is 41.1. The maximum atomic E-state index is 14.7. The summed E-state index contributed by atoms with van der Waals surface area (Å²) in [5, 5.41) is 0.598. The third-order valence-corrected chi connectivity index (χ3v) is 22.2. The van der Waals surface area contributed by atoms with Gasteiger partial charge in [0.2, 0.25) is 10.8 Å². The summed E-state index contributed by atoms with van der Waals surface area (Å²) in [6.07, 6.45) is -12.7. The SMILES string of the molecule is COC(=O)[C@@]1(S[C@H]2[C@@H](OC(C)=O)[C@@H](CO[Si](C)(C)C(C)(C)C)O[C@@H](O[Si](C)(C)C(C)(C)C)[C@@H]2OC(C)=O)C[C@H](OC(C)=O)[C@@H](NC(C)=O)[C@H]([C@H](OC(C)=O)[C@@H](COC(C)=O)OC(C)=O)O1. The lowest BCUT2D eigenvalue weighted by Gasteiger charge is -2.52. The van der Waals surface area contributed by atoms with Gasteiger partial charge in [-0.25, -0.2) is 4.79 Å². The Morgan fingerprint density at radius 3 is 1.69 bits per heavy atom. The molecular weight excluding hydrogens is 911 g/mol. The summed E-state index contributed by atoms with van der Waals surface area (Å²) in [5.41, 5.74) is 0. The summed E-state index contributed by atoms with van der Waals surface area (Å²) in [7, 11) is -4.35. The van der Waals surface area contributed by atoms with E-state index in [9.17, 15) is 38.4 Å². The van der Waals surface area contributed by atoms with E-state index in [1.165, 1.54) is 0 Å². The molecule has 2 saturated heterocycles. The molecule has 1 N–H and O–H groups in total. The molecular formula is C42H71NO19SSi2. The topological polar surface area (TPSA) is 250 Å². The van der Waals surface area contributed by atoms with Gasteiger partial charge in [0.05, 0.1) is 25.0 Å². The van der Waals surface area contributed by atoms with E-state index >= 15 is 0 Å². The van der Waals surface area contributed by atoms with Gasteiger partial charge in [0.15, 0.2) is 41.2 Å². The van der Waals surface area contributed by atoms with Gasteiger partial charge in [0.1, 0.15) is 31.0 Å². The van der Waals surface area contributed by atoms with Gasteiger partial charge in [-0.15, -0.1) is 11.8 Å². The van der Waals surface area contributed by atoms with Crippen molar-refractivity contribution in [2.24, 2.45) is 0 Å². The molecule has 0 aliphatic carbocycles. The van der Waals surface area contributed by atoms with E-state index in [-0.39, 0.29) is 11.6 Å². The Balaban J connectivity index is 3.17. The van der Waals surface area contributed by atoms with Crippen molar-refractivity contribution in [2.45, 2.75) is 198 Å². The number of carbonyl (C=O) groups excluding carboxylic acids is 8. The highest BCUT2D eigenvalue weighted by Gasteiger charge is 2.63. The molecule has 2 heterocycles. The van der Waals surface area contributed by atoms with Crippen LogP contribution in [0.1, 0.15) is 96.4 Å². The molecule has 1 amide bonds. The zero-order valence-corrected chi connectivity index (χ0v) is 43.9. The summed E-state index contributed by atoms with van der Waals surface area (Å²) in [5.74, 6) is -6.94. The van der Waals surface area contributed by atoms with Gasteiger partial charge in [-0.3, -0.25) is 33.6 Å². The molecule has 0 aromatic heterocycles. The van der Waals surface area contributed by atoms with Crippen LogP contribution in [0.5, 0.6) is 0 Å². The number of ether oxygens (including phenoxy) is 9. The number of nitrogens with one attached hydrogen (secondary N) is 1. The first-order valence-electron chi connectivity index (χ1n) is 21.3. The van der Waals surface area contributed by atoms with Gasteiger partial charge >= 0.3 is 41.8 Å². The number of methoxy groups -OCH3 is 1. The Morgan fingerprint density at radius 1 is 0.723 bits per heavy atom. The molecule has 0 bridgehead atoms. The van der Waals surface area contributed by atoms with Crippen LogP contribution < -0.4 is 5.32 Å². The third-order valence-electron chi connectivity index (χ3n) is 11.6. The fourth-order valence-corrected chi connectivity index (χ4v) is 10.5. The van der Waals surface area contributed by atoms with Crippen molar-refractivity contribution in [3.63, 3.8) is 0 Å². The molecule has 20 nitrogen and oxygen atoms in total. The van der Waals surface area contributed by atoms with Gasteiger partial charge < -0.3 is 56.8 Å². The molecule has 0 saturated carbocycles. The van der Waals surface area contributed by atoms with E-state index in [0.717, 1.165) is 55.6 Å². The monoisotopic (exact) mass is 981 g/mol. The lowest BCUT2D eigenvalue weighted by Crippen LogP contribution is -2.69. The maximum Gasteiger partial charge on any atom is 0.349 e. The second kappa shape index (κ2) is 22.9. The average Bonchev–Trinajstić information content (AvgIpc) is 3.12. The number of amides is 1. The number of rotatable bonds is 18. The van der Waals surface area contributed by atoms with Crippen molar-refractivity contribution in [3.8, 4) is 0 Å². The molecule has 0 spiro atoms. The molecule has 23 heteroatoms. The molecule has 0 radical (unpaired) electrons. The third kappa shape index (κ3) is 16.0. The lowest BCUT2D eigenvalue weighted by atomic mass is 9.89. The van der Waals surface area contributed by atoms with Crippen molar-refractivity contribution < 1.29 is 89.8 Å². The maximum absolute atomic E-state index is 14.7. The summed E-state index contributed by atoms with van der Waals surface area (Å²) in [6.45, 7) is 26.8. The second-order valence-corrected chi connectivity index (χ2v) is 30.2. The number of carbonyl (C=O) groups is 8. The molecule has 372 valence electrons. The first kappa shape index (κ1) is 57.5. The van der Waals surface area contributed by atoms with Crippen molar-refractivity contribution in [3.05, 3.63) is 0 Å². The van der Waals surface area contributed by atoms with Crippen LogP contribution in [0, 0.1) is 0 Å². The fourth-order valence-electron chi connectivity index (χ4n) is 6.61. The molecule has 2 rings (SSSR count). The first-order valence-corrected chi connectivity index (χ1v) is 28.0. The number of hydrogen-bond acceptors (Lipinski definition) is 20. The largest absolute Gasteiger partial charge is 0.466 e. The Hall–Kier alpha value is -3.62. The highest BCUT2D eigenvalue weighted by atomic mass is 32.2. The molecule has 0 aromatic carbocycles. The van der Waals surface area contributed by atoms with E-state index in [0.29, 0.717) is 11.8 Å². The quantitative estimate of drug-likeness (QED) is 0.115. The standard InChI is InChI=1S/C42H71NO19SSi2/c1-22(44)43-32-29(55-24(3)46)19-42(39(51)52-14,61-35(32)33(57-26(5)48)30(56-25(4)47)20-53-23(2)45)63-37-34(58-27(6)49)31(21-54-64(15,16)40(8,9)10)60-38(36(37)59-28(7)50)62-65(17,18)41(11,12)13/h29-38H,19-21H2,1-18H3,(H,43,44)/t29-,30+,31+,32+,33+,34-,35+,36+,37-,38-,42-/m0/s1. The van der Waals surface area contributed by atoms with Crippen molar-refractivity contribution in [1.82, 2.24) is 5.32 Å². The van der Waals surface area contributed by atoms with Crippen LogP contribution in [0.2, 0.25) is 36.3 Å². The van der Waals surface area contributed by atoms with Crippen molar-refractivity contribution >= 4 is 76.1 Å². The van der Waals surface area contributed by atoms with Gasteiger partial charge in [-0.05, 0) is 36.3 Å². The Kier molecular flexibility index (Phi) is 20.3. The van der Waals surface area contributed by atoms with Gasteiger partial charge in [-0.1, -0.05) is 41.5 Å². The summed E-state index contributed by atoms with van der Waals surface area (Å²) in [4.78, 5) is 102. The first-order chi connectivity index (χ1) is 29.6. The Bertz CT molecular complexity index is 1750. The Morgan fingerprint density at radius 2 is 1.25 bits per heavy atom. The number of hydrogen-bond donors (Lipinski definition) is 1. The van der Waals surface area contributed by atoms with Crippen molar-refractivity contribution in [2.75, 3.05) is 20.3 Å². The van der Waals surface area contributed by atoms with Crippen molar-refractivity contribution in [1.29, 1.82) is 0 Å². The summed E-state index contributed by atoms with van der Waals surface area (Å²) < 4.78 is 66.7. The van der Waals surface area contributed by atoms with Crippen LogP contribution in [-0.2, 0) is 89.8 Å². The highest BCUT2D eigenvalue weighted by Crippen LogP contribution is 2.50. The molecule has 65 heavy (non-hydrogen) atoms. The molecule has 0 aromatic rings. The van der Waals surface area contributed by atoms with Gasteiger partial charge in [-0.2, -0.15) is 0 Å². The van der Waals surface area contributed by atoms with Crippen LogP contribution in [0.4, 0.5) is 0 Å². The zero-order chi connectivity index (χ0) is 50.2. The van der Waals surface area contributed by atoms with E-state index in [2.05, 4.69) is 5.32 Å². The van der Waals surface area contributed by atoms with Crippen LogP contribution in [0.3, 0.4) is 0 Å². The highest BCUT2D eigenvalue weighted by molar-refractivity contribution is 8.01. The number of esters is 7. The predicted octanol–water partition coefficient (Wildman–Crippen LogP) is 4.24. The molecule has 11 atom stereocenters.